The number of benzene rings is 1. The summed E-state index contributed by atoms with van der Waals surface area (Å²) in [6.45, 7) is 1.54. The monoisotopic (exact) mass is 291 g/mol. The molecule has 4 nitrogen and oxygen atoms in total. The quantitative estimate of drug-likeness (QED) is 0.684. The highest BCUT2D eigenvalue weighted by Gasteiger charge is 2.31. The Bertz CT molecular complexity index is 537. The van der Waals surface area contributed by atoms with Gasteiger partial charge in [-0.3, -0.25) is 0 Å². The molecule has 1 N–H and O–H groups in total. The van der Waals surface area contributed by atoms with Crippen molar-refractivity contribution in [3.05, 3.63) is 23.3 Å². The van der Waals surface area contributed by atoms with Gasteiger partial charge in [0.1, 0.15) is 11.8 Å². The van der Waals surface area contributed by atoms with Gasteiger partial charge in [-0.1, -0.05) is 0 Å². The summed E-state index contributed by atoms with van der Waals surface area (Å²) in [7, 11) is 0. The Hall–Kier alpha value is -1.88. The van der Waals surface area contributed by atoms with Gasteiger partial charge in [-0.05, 0) is 30.8 Å². The zero-order valence-electron chi connectivity index (χ0n) is 9.61. The fourth-order valence-corrected chi connectivity index (χ4v) is 1.83. The average Bonchev–Trinajstić information content (AvgIpc) is 2.29. The second kappa shape index (κ2) is 5.84. The minimum Gasteiger partial charge on any atom is -0.507 e. The normalized spacial score (nSPS) is 10.9. The maximum atomic E-state index is 12.3. The van der Waals surface area contributed by atoms with E-state index in [1.54, 1.807) is 6.07 Å². The number of nitrogens with zero attached hydrogens (tertiary/aromatic N) is 1. The van der Waals surface area contributed by atoms with Gasteiger partial charge in [0.25, 0.3) is 0 Å². The molecule has 1 rings (SSSR count). The van der Waals surface area contributed by atoms with Gasteiger partial charge in [0.2, 0.25) is 0 Å². The maximum Gasteiger partial charge on any atom is 0.446 e. The van der Waals surface area contributed by atoms with Gasteiger partial charge in [-0.2, -0.15) is 18.4 Å². The van der Waals surface area contributed by atoms with E-state index in [2.05, 4.69) is 4.74 Å². The molecule has 0 aliphatic heterocycles. The molecule has 8 heteroatoms. The Morgan fingerprint density at radius 2 is 2.16 bits per heavy atom. The number of esters is 1. The molecule has 0 fully saturated rings. The smallest absolute Gasteiger partial charge is 0.446 e. The Balaban J connectivity index is 3.26. The van der Waals surface area contributed by atoms with Gasteiger partial charge < -0.3 is 9.84 Å². The Kier molecular flexibility index (Phi) is 4.67. The topological polar surface area (TPSA) is 70.3 Å². The zero-order chi connectivity index (χ0) is 14.6. The third-order valence-electron chi connectivity index (χ3n) is 1.94. The van der Waals surface area contributed by atoms with Crippen LogP contribution in [0.25, 0.3) is 0 Å². The van der Waals surface area contributed by atoms with Crippen molar-refractivity contribution in [2.24, 2.45) is 0 Å². The second-order valence-electron chi connectivity index (χ2n) is 3.25. The summed E-state index contributed by atoms with van der Waals surface area (Å²) >= 11 is -0.571. The van der Waals surface area contributed by atoms with Crippen LogP contribution >= 0.6 is 11.8 Å². The molecular weight excluding hydrogens is 283 g/mol. The van der Waals surface area contributed by atoms with E-state index in [1.807, 2.05) is 0 Å². The molecule has 0 aromatic heterocycles. The van der Waals surface area contributed by atoms with Crippen LogP contribution < -0.4 is 0 Å². The molecule has 0 heterocycles. The van der Waals surface area contributed by atoms with Crippen LogP contribution in [0.2, 0.25) is 0 Å². The van der Waals surface area contributed by atoms with Gasteiger partial charge in [0.05, 0.1) is 22.6 Å². The van der Waals surface area contributed by atoms with Crippen LogP contribution in [0.3, 0.4) is 0 Å². The Labute approximate surface area is 110 Å². The number of carbonyl (C=O) groups is 1. The lowest BCUT2D eigenvalue weighted by Crippen LogP contribution is -2.08. The molecule has 0 saturated heterocycles. The largest absolute Gasteiger partial charge is 0.507 e. The third kappa shape index (κ3) is 4.06. The highest BCUT2D eigenvalue weighted by molar-refractivity contribution is 8.00. The number of phenolic OH excluding ortho intramolecular Hbond substituents is 1. The molecular formula is C11H8F3NO3S. The number of thioether (sulfide) groups is 1. The molecule has 0 radical (unpaired) electrons. The highest BCUT2D eigenvalue weighted by Crippen LogP contribution is 2.42. The summed E-state index contributed by atoms with van der Waals surface area (Å²) < 4.78 is 41.4. The van der Waals surface area contributed by atoms with Gasteiger partial charge in [0.15, 0.2) is 0 Å². The molecule has 0 aliphatic rings. The minimum atomic E-state index is -4.61. The SMILES string of the molecule is CCOC(=O)c1cc(SC(F)(F)F)c(O)cc1C#N. The molecule has 0 atom stereocenters. The number of carbonyl (C=O) groups excluding carboxylic acids is 1. The standard InChI is InChI=1S/C11H8F3NO3S/c1-2-18-10(17)7-4-9(19-11(12,13)14)8(16)3-6(7)5-15/h3-4,16H,2H2,1H3. The number of alkyl halides is 3. The van der Waals surface area contributed by atoms with Crippen LogP contribution in [0.4, 0.5) is 13.2 Å². The molecule has 0 unspecified atom stereocenters. The summed E-state index contributed by atoms with van der Waals surface area (Å²) in [5.74, 6) is -1.63. The molecule has 0 saturated carbocycles. The molecule has 0 aliphatic carbocycles. The van der Waals surface area contributed by atoms with Crippen molar-refractivity contribution < 1.29 is 27.8 Å². The van der Waals surface area contributed by atoms with Crippen molar-refractivity contribution >= 4 is 17.7 Å². The summed E-state index contributed by atoms with van der Waals surface area (Å²) in [6.07, 6.45) is 0. The van der Waals surface area contributed by atoms with Crippen molar-refractivity contribution in [3.63, 3.8) is 0 Å². The predicted octanol–water partition coefficient (Wildman–Crippen LogP) is 3.05. The molecule has 19 heavy (non-hydrogen) atoms. The van der Waals surface area contributed by atoms with E-state index in [4.69, 9.17) is 5.26 Å². The first-order valence-corrected chi connectivity index (χ1v) is 5.80. The highest BCUT2D eigenvalue weighted by atomic mass is 32.2. The number of aromatic hydroxyl groups is 1. The Morgan fingerprint density at radius 1 is 1.53 bits per heavy atom. The number of phenols is 1. The van der Waals surface area contributed by atoms with Crippen molar-refractivity contribution in [3.8, 4) is 11.8 Å². The lowest BCUT2D eigenvalue weighted by molar-refractivity contribution is -0.0329. The summed E-state index contributed by atoms with van der Waals surface area (Å²) in [5, 5.41) is 18.2. The fourth-order valence-electron chi connectivity index (χ4n) is 1.25. The van der Waals surface area contributed by atoms with Gasteiger partial charge in [-0.15, -0.1) is 0 Å². The first-order chi connectivity index (χ1) is 8.78. The number of hydrogen-bond donors (Lipinski definition) is 1. The maximum absolute atomic E-state index is 12.3. The van der Waals surface area contributed by atoms with Crippen LogP contribution in [-0.2, 0) is 4.74 Å². The lowest BCUT2D eigenvalue weighted by Gasteiger charge is -2.10. The molecule has 0 amide bonds. The lowest BCUT2D eigenvalue weighted by atomic mass is 10.1. The van der Waals surface area contributed by atoms with Crippen molar-refractivity contribution in [1.29, 1.82) is 5.26 Å². The molecule has 0 bridgehead atoms. The van der Waals surface area contributed by atoms with E-state index >= 15 is 0 Å². The number of ether oxygens (including phenoxy) is 1. The van der Waals surface area contributed by atoms with Crippen LogP contribution in [0.1, 0.15) is 22.8 Å². The average molecular weight is 291 g/mol. The summed E-state index contributed by atoms with van der Waals surface area (Å²) in [4.78, 5) is 10.9. The third-order valence-corrected chi connectivity index (χ3v) is 2.72. The van der Waals surface area contributed by atoms with E-state index in [9.17, 15) is 23.1 Å². The van der Waals surface area contributed by atoms with Crippen LogP contribution in [-0.4, -0.2) is 23.2 Å². The number of halogens is 3. The van der Waals surface area contributed by atoms with E-state index in [0.717, 1.165) is 12.1 Å². The first-order valence-electron chi connectivity index (χ1n) is 4.98. The van der Waals surface area contributed by atoms with Crippen LogP contribution in [0.15, 0.2) is 17.0 Å². The molecule has 1 aromatic carbocycles. The van der Waals surface area contributed by atoms with Gasteiger partial charge >= 0.3 is 11.5 Å². The molecule has 1 aromatic rings. The summed E-state index contributed by atoms with van der Waals surface area (Å²) in [6, 6.07) is 3.22. The van der Waals surface area contributed by atoms with E-state index in [0.29, 0.717) is 0 Å². The zero-order valence-corrected chi connectivity index (χ0v) is 10.4. The van der Waals surface area contributed by atoms with Crippen LogP contribution in [0, 0.1) is 11.3 Å². The van der Waals surface area contributed by atoms with E-state index in [-0.39, 0.29) is 17.7 Å². The van der Waals surface area contributed by atoms with Crippen molar-refractivity contribution in [2.45, 2.75) is 17.3 Å². The van der Waals surface area contributed by atoms with Gasteiger partial charge in [-0.25, -0.2) is 4.79 Å². The number of nitriles is 1. The molecule has 0 spiro atoms. The predicted molar refractivity (Wildman–Crippen MR) is 60.7 cm³/mol. The van der Waals surface area contributed by atoms with Crippen LogP contribution in [0.5, 0.6) is 5.75 Å². The van der Waals surface area contributed by atoms with Crippen molar-refractivity contribution in [1.82, 2.24) is 0 Å². The van der Waals surface area contributed by atoms with Crippen molar-refractivity contribution in [2.75, 3.05) is 6.61 Å². The van der Waals surface area contributed by atoms with Gasteiger partial charge in [0, 0.05) is 0 Å². The summed E-state index contributed by atoms with van der Waals surface area (Å²) in [5.41, 5.74) is -5.17. The molecule has 102 valence electrons. The van der Waals surface area contributed by atoms with E-state index in [1.165, 1.54) is 6.92 Å². The first kappa shape index (κ1) is 15.2. The Morgan fingerprint density at radius 3 is 2.63 bits per heavy atom. The number of rotatable bonds is 3. The number of hydrogen-bond acceptors (Lipinski definition) is 5. The second-order valence-corrected chi connectivity index (χ2v) is 4.35. The van der Waals surface area contributed by atoms with E-state index < -0.39 is 33.9 Å². The minimum absolute atomic E-state index is 0.0202. The fraction of sp³-hybridized carbons (Fsp3) is 0.273.